The molecule has 0 N–H and O–H groups in total. The van der Waals surface area contributed by atoms with Gasteiger partial charge in [-0.15, -0.1) is 0 Å². The smallest absolute Gasteiger partial charge is 0.185 e. The first-order valence-corrected chi connectivity index (χ1v) is 6.80. The molecule has 1 aliphatic rings. The number of hydrogen-bond acceptors (Lipinski definition) is 4. The molecular formula is C15H15ClN2O2. The Morgan fingerprint density at radius 3 is 2.75 bits per heavy atom. The number of hydrogen-bond donors (Lipinski definition) is 0. The number of methoxy groups -OCH3 is 1. The molecule has 0 radical (unpaired) electrons. The number of hydroxylamine groups is 1. The highest BCUT2D eigenvalue weighted by atomic mass is 35.5. The Morgan fingerprint density at radius 1 is 1.30 bits per heavy atom. The molecule has 4 nitrogen and oxygen atoms in total. The molecule has 3 rings (SSSR count). The van der Waals surface area contributed by atoms with Gasteiger partial charge in [0.1, 0.15) is 0 Å². The first-order valence-electron chi connectivity index (χ1n) is 6.42. The zero-order chi connectivity index (χ0) is 13.9. The van der Waals surface area contributed by atoms with Crippen LogP contribution in [0.4, 0.5) is 5.69 Å². The molecule has 0 saturated carbocycles. The van der Waals surface area contributed by atoms with Crippen LogP contribution in [-0.2, 0) is 9.57 Å². The van der Waals surface area contributed by atoms with Crippen molar-refractivity contribution < 1.29 is 9.57 Å². The van der Waals surface area contributed by atoms with E-state index in [4.69, 9.17) is 21.2 Å². The van der Waals surface area contributed by atoms with Gasteiger partial charge in [-0.05, 0) is 35.9 Å². The number of aromatic nitrogens is 1. The third-order valence-electron chi connectivity index (χ3n) is 3.34. The number of anilines is 1. The lowest BCUT2D eigenvalue weighted by Crippen LogP contribution is -2.22. The molecular weight excluding hydrogens is 276 g/mol. The van der Waals surface area contributed by atoms with Gasteiger partial charge in [0.05, 0.1) is 11.7 Å². The van der Waals surface area contributed by atoms with Gasteiger partial charge in [-0.3, -0.25) is 4.98 Å². The van der Waals surface area contributed by atoms with Crippen LogP contribution in [0.15, 0.2) is 48.8 Å². The third kappa shape index (κ3) is 2.63. The zero-order valence-electron chi connectivity index (χ0n) is 11.1. The molecule has 104 valence electrons. The maximum Gasteiger partial charge on any atom is 0.185 e. The van der Waals surface area contributed by atoms with E-state index in [2.05, 4.69) is 4.98 Å². The van der Waals surface area contributed by atoms with Crippen molar-refractivity contribution in [2.45, 2.75) is 18.8 Å². The lowest BCUT2D eigenvalue weighted by molar-refractivity contribution is -0.0977. The lowest BCUT2D eigenvalue weighted by Gasteiger charge is -2.24. The molecule has 1 aliphatic heterocycles. The van der Waals surface area contributed by atoms with Crippen molar-refractivity contribution in [3.05, 3.63) is 59.4 Å². The SMILES string of the molecule is COC1CC(c2cccnc2)N(c2ccc(Cl)cc2)O1. The summed E-state index contributed by atoms with van der Waals surface area (Å²) >= 11 is 5.93. The van der Waals surface area contributed by atoms with Crippen molar-refractivity contribution in [1.82, 2.24) is 4.98 Å². The Bertz CT molecular complexity index is 562. The monoisotopic (exact) mass is 290 g/mol. The predicted octanol–water partition coefficient (Wildman–Crippen LogP) is 3.59. The maximum absolute atomic E-state index is 5.93. The van der Waals surface area contributed by atoms with Crippen LogP contribution in [0, 0.1) is 0 Å². The fourth-order valence-electron chi connectivity index (χ4n) is 2.33. The largest absolute Gasteiger partial charge is 0.353 e. The summed E-state index contributed by atoms with van der Waals surface area (Å²) in [5, 5.41) is 2.57. The van der Waals surface area contributed by atoms with E-state index in [1.54, 1.807) is 13.3 Å². The standard InChI is InChI=1S/C15H15ClN2O2/c1-19-15-9-14(11-3-2-8-17-10-11)18(20-15)13-6-4-12(16)5-7-13/h2-8,10,14-15H,9H2,1H3. The quantitative estimate of drug-likeness (QED) is 0.865. The van der Waals surface area contributed by atoms with E-state index in [1.165, 1.54) is 0 Å². The molecule has 20 heavy (non-hydrogen) atoms. The summed E-state index contributed by atoms with van der Waals surface area (Å²) in [4.78, 5) is 10.0. The molecule has 5 heteroatoms. The molecule has 2 aromatic rings. The highest BCUT2D eigenvalue weighted by Gasteiger charge is 2.35. The van der Waals surface area contributed by atoms with E-state index in [0.29, 0.717) is 5.02 Å². The fourth-order valence-corrected chi connectivity index (χ4v) is 2.46. The average molecular weight is 291 g/mol. The van der Waals surface area contributed by atoms with Crippen LogP contribution in [0.2, 0.25) is 5.02 Å². The molecule has 2 unspecified atom stereocenters. The molecule has 1 aromatic carbocycles. The molecule has 1 fully saturated rings. The van der Waals surface area contributed by atoms with Crippen LogP contribution in [0.25, 0.3) is 0 Å². The van der Waals surface area contributed by atoms with Crippen molar-refractivity contribution in [3.63, 3.8) is 0 Å². The summed E-state index contributed by atoms with van der Waals surface area (Å²) in [6.07, 6.45) is 4.12. The van der Waals surface area contributed by atoms with Crippen molar-refractivity contribution in [3.8, 4) is 0 Å². The molecule has 0 amide bonds. The number of halogens is 1. The Labute approximate surface area is 122 Å². The number of ether oxygens (including phenoxy) is 1. The van der Waals surface area contributed by atoms with Crippen LogP contribution in [-0.4, -0.2) is 18.4 Å². The highest BCUT2D eigenvalue weighted by Crippen LogP contribution is 2.38. The van der Waals surface area contributed by atoms with Crippen LogP contribution in [0.5, 0.6) is 0 Å². The van der Waals surface area contributed by atoms with Crippen LogP contribution >= 0.6 is 11.6 Å². The first kappa shape index (κ1) is 13.4. The predicted molar refractivity (Wildman–Crippen MR) is 77.4 cm³/mol. The van der Waals surface area contributed by atoms with E-state index >= 15 is 0 Å². The van der Waals surface area contributed by atoms with E-state index in [0.717, 1.165) is 17.7 Å². The third-order valence-corrected chi connectivity index (χ3v) is 3.60. The Balaban J connectivity index is 1.92. The molecule has 1 saturated heterocycles. The maximum atomic E-state index is 5.93. The van der Waals surface area contributed by atoms with Crippen molar-refractivity contribution in [1.29, 1.82) is 0 Å². The summed E-state index contributed by atoms with van der Waals surface area (Å²) in [5.41, 5.74) is 2.05. The molecule has 0 spiro atoms. The van der Waals surface area contributed by atoms with Gasteiger partial charge < -0.3 is 4.74 Å². The van der Waals surface area contributed by atoms with Crippen LogP contribution in [0.3, 0.4) is 0 Å². The van der Waals surface area contributed by atoms with Gasteiger partial charge in [-0.25, -0.2) is 9.90 Å². The van der Waals surface area contributed by atoms with Gasteiger partial charge >= 0.3 is 0 Å². The Morgan fingerprint density at radius 2 is 2.10 bits per heavy atom. The van der Waals surface area contributed by atoms with Crippen LogP contribution < -0.4 is 5.06 Å². The van der Waals surface area contributed by atoms with Crippen molar-refractivity contribution in [2.75, 3.05) is 12.2 Å². The number of benzene rings is 1. The molecule has 2 atom stereocenters. The molecule has 1 aromatic heterocycles. The van der Waals surface area contributed by atoms with E-state index in [-0.39, 0.29) is 12.3 Å². The van der Waals surface area contributed by atoms with Gasteiger partial charge in [0.15, 0.2) is 6.29 Å². The lowest BCUT2D eigenvalue weighted by atomic mass is 10.1. The second-order valence-electron chi connectivity index (χ2n) is 4.61. The Kier molecular flexibility index (Phi) is 3.87. The summed E-state index contributed by atoms with van der Waals surface area (Å²) in [7, 11) is 1.65. The highest BCUT2D eigenvalue weighted by molar-refractivity contribution is 6.30. The molecule has 0 aliphatic carbocycles. The summed E-state index contributed by atoms with van der Waals surface area (Å²) in [6, 6.07) is 11.6. The van der Waals surface area contributed by atoms with Crippen molar-refractivity contribution in [2.24, 2.45) is 0 Å². The summed E-state index contributed by atoms with van der Waals surface area (Å²) < 4.78 is 5.33. The molecule has 2 heterocycles. The normalized spacial score (nSPS) is 22.2. The van der Waals surface area contributed by atoms with Gasteiger partial charge in [0, 0.05) is 30.9 Å². The van der Waals surface area contributed by atoms with Gasteiger partial charge in [0.2, 0.25) is 0 Å². The first-order chi connectivity index (χ1) is 9.78. The second-order valence-corrected chi connectivity index (χ2v) is 5.05. The van der Waals surface area contributed by atoms with Crippen LogP contribution in [0.1, 0.15) is 18.0 Å². The minimum atomic E-state index is -0.254. The number of nitrogens with zero attached hydrogens (tertiary/aromatic N) is 2. The van der Waals surface area contributed by atoms with Crippen molar-refractivity contribution >= 4 is 17.3 Å². The van der Waals surface area contributed by atoms with E-state index < -0.39 is 0 Å². The number of pyridine rings is 1. The van der Waals surface area contributed by atoms with E-state index in [9.17, 15) is 0 Å². The Hall–Kier alpha value is -1.62. The molecule has 0 bridgehead atoms. The second kappa shape index (κ2) is 5.79. The van der Waals surface area contributed by atoms with Gasteiger partial charge in [-0.1, -0.05) is 17.7 Å². The van der Waals surface area contributed by atoms with E-state index in [1.807, 2.05) is 47.7 Å². The van der Waals surface area contributed by atoms with Gasteiger partial charge in [-0.2, -0.15) is 0 Å². The van der Waals surface area contributed by atoms with Gasteiger partial charge in [0.25, 0.3) is 0 Å². The summed E-state index contributed by atoms with van der Waals surface area (Å²) in [6.45, 7) is 0. The minimum absolute atomic E-state index is 0.0785. The zero-order valence-corrected chi connectivity index (χ0v) is 11.8. The number of rotatable bonds is 3. The fraction of sp³-hybridized carbons (Fsp3) is 0.267. The minimum Gasteiger partial charge on any atom is -0.353 e. The average Bonchev–Trinajstić information content (AvgIpc) is 2.93. The topological polar surface area (TPSA) is 34.6 Å². The summed E-state index contributed by atoms with van der Waals surface area (Å²) in [5.74, 6) is 0.